The highest BCUT2D eigenvalue weighted by Gasteiger charge is 2.04. The smallest absolute Gasteiger partial charge is 0.139 e. The molecule has 0 amide bonds. The highest BCUT2D eigenvalue weighted by Crippen LogP contribution is 2.28. The van der Waals surface area contributed by atoms with E-state index in [4.69, 9.17) is 33.7 Å². The zero-order valence-corrected chi connectivity index (χ0v) is 10.5. The minimum atomic E-state index is 0.368. The van der Waals surface area contributed by atoms with Crippen molar-refractivity contribution < 1.29 is 4.74 Å². The third-order valence-corrected chi connectivity index (χ3v) is 2.88. The topological polar surface area (TPSA) is 35.2 Å². The van der Waals surface area contributed by atoms with Crippen molar-refractivity contribution in [3.05, 3.63) is 58.1 Å². The first kappa shape index (κ1) is 12.1. The third-order valence-electron chi connectivity index (χ3n) is 2.33. The van der Waals surface area contributed by atoms with Crippen LogP contribution in [0.4, 0.5) is 5.69 Å². The second-order valence-corrected chi connectivity index (χ2v) is 4.41. The molecule has 0 saturated heterocycles. The summed E-state index contributed by atoms with van der Waals surface area (Å²) in [4.78, 5) is 0. The molecule has 2 aromatic rings. The van der Waals surface area contributed by atoms with Crippen LogP contribution in [0.1, 0.15) is 5.56 Å². The summed E-state index contributed by atoms with van der Waals surface area (Å²) < 4.78 is 5.59. The second kappa shape index (κ2) is 5.30. The van der Waals surface area contributed by atoms with Crippen molar-refractivity contribution in [1.29, 1.82) is 0 Å². The summed E-state index contributed by atoms with van der Waals surface area (Å²) in [6.07, 6.45) is 0. The molecule has 0 aliphatic carbocycles. The number of halogens is 2. The van der Waals surface area contributed by atoms with Crippen LogP contribution in [0.15, 0.2) is 42.5 Å². The Morgan fingerprint density at radius 1 is 1.06 bits per heavy atom. The first-order valence-electron chi connectivity index (χ1n) is 5.08. The number of ether oxygens (including phenoxy) is 1. The van der Waals surface area contributed by atoms with Gasteiger partial charge in [0.15, 0.2) is 0 Å². The lowest BCUT2D eigenvalue weighted by molar-refractivity contribution is 0.307. The maximum Gasteiger partial charge on any atom is 0.139 e. The Balaban J connectivity index is 2.12. The van der Waals surface area contributed by atoms with Crippen molar-refractivity contribution in [2.75, 3.05) is 5.73 Å². The van der Waals surface area contributed by atoms with E-state index in [0.29, 0.717) is 28.1 Å². The van der Waals surface area contributed by atoms with E-state index in [1.165, 1.54) is 0 Å². The van der Waals surface area contributed by atoms with Crippen LogP contribution in [0.3, 0.4) is 0 Å². The highest BCUT2D eigenvalue weighted by atomic mass is 35.5. The van der Waals surface area contributed by atoms with E-state index in [2.05, 4.69) is 0 Å². The van der Waals surface area contributed by atoms with Gasteiger partial charge in [-0.15, -0.1) is 0 Å². The average molecular weight is 268 g/mol. The number of rotatable bonds is 3. The molecule has 0 heterocycles. The quantitative estimate of drug-likeness (QED) is 0.848. The summed E-state index contributed by atoms with van der Waals surface area (Å²) >= 11 is 11.9. The minimum absolute atomic E-state index is 0.368. The van der Waals surface area contributed by atoms with Crippen LogP contribution in [0.2, 0.25) is 10.0 Å². The predicted molar refractivity (Wildman–Crippen MR) is 71.6 cm³/mol. The number of para-hydroxylation sites is 1. The van der Waals surface area contributed by atoms with Crippen LogP contribution in [0.5, 0.6) is 5.75 Å². The molecular formula is C13H11Cl2NO. The van der Waals surface area contributed by atoms with E-state index in [9.17, 15) is 0 Å². The van der Waals surface area contributed by atoms with Crippen LogP contribution in [-0.2, 0) is 6.61 Å². The highest BCUT2D eigenvalue weighted by molar-refractivity contribution is 6.34. The standard InChI is InChI=1S/C13H11Cl2NO/c14-10-5-6-11(15)13(7-10)17-8-9-3-1-2-4-12(9)16/h1-7H,8,16H2. The molecule has 0 radical (unpaired) electrons. The molecule has 17 heavy (non-hydrogen) atoms. The van der Waals surface area contributed by atoms with E-state index >= 15 is 0 Å². The molecule has 0 bridgehead atoms. The minimum Gasteiger partial charge on any atom is -0.487 e. The van der Waals surface area contributed by atoms with Crippen molar-refractivity contribution in [3.63, 3.8) is 0 Å². The van der Waals surface area contributed by atoms with Crippen LogP contribution < -0.4 is 10.5 Å². The zero-order chi connectivity index (χ0) is 12.3. The molecule has 0 aliphatic heterocycles. The molecule has 88 valence electrons. The monoisotopic (exact) mass is 267 g/mol. The Labute approximate surface area is 110 Å². The van der Waals surface area contributed by atoms with Crippen LogP contribution in [0.25, 0.3) is 0 Å². The molecule has 0 atom stereocenters. The van der Waals surface area contributed by atoms with Gasteiger partial charge in [-0.2, -0.15) is 0 Å². The molecule has 0 saturated carbocycles. The van der Waals surface area contributed by atoms with Crippen LogP contribution in [0, 0.1) is 0 Å². The summed E-state index contributed by atoms with van der Waals surface area (Å²) in [6, 6.07) is 12.6. The van der Waals surface area contributed by atoms with Crippen molar-refractivity contribution in [3.8, 4) is 5.75 Å². The molecule has 2 nitrogen and oxygen atoms in total. The molecular weight excluding hydrogens is 257 g/mol. The second-order valence-electron chi connectivity index (χ2n) is 3.56. The van der Waals surface area contributed by atoms with Gasteiger partial charge in [0.25, 0.3) is 0 Å². The van der Waals surface area contributed by atoms with Gasteiger partial charge in [-0.3, -0.25) is 0 Å². The van der Waals surface area contributed by atoms with Gasteiger partial charge in [-0.05, 0) is 18.2 Å². The Hall–Kier alpha value is -1.38. The van der Waals surface area contributed by atoms with Gasteiger partial charge in [0.2, 0.25) is 0 Å². The summed E-state index contributed by atoms with van der Waals surface area (Å²) in [7, 11) is 0. The summed E-state index contributed by atoms with van der Waals surface area (Å²) in [5, 5.41) is 1.12. The van der Waals surface area contributed by atoms with E-state index in [1.54, 1.807) is 18.2 Å². The zero-order valence-electron chi connectivity index (χ0n) is 8.99. The van der Waals surface area contributed by atoms with E-state index < -0.39 is 0 Å². The first-order chi connectivity index (χ1) is 8.16. The summed E-state index contributed by atoms with van der Waals surface area (Å²) in [5.41, 5.74) is 7.43. The largest absolute Gasteiger partial charge is 0.487 e. The van der Waals surface area contributed by atoms with Gasteiger partial charge in [0.1, 0.15) is 12.4 Å². The lowest BCUT2D eigenvalue weighted by atomic mass is 10.2. The molecule has 0 spiro atoms. The van der Waals surface area contributed by atoms with Crippen molar-refractivity contribution >= 4 is 28.9 Å². The summed E-state index contributed by atoms with van der Waals surface area (Å²) in [5.74, 6) is 0.558. The summed E-state index contributed by atoms with van der Waals surface area (Å²) in [6.45, 7) is 0.368. The van der Waals surface area contributed by atoms with Crippen molar-refractivity contribution in [1.82, 2.24) is 0 Å². The maximum atomic E-state index is 5.99. The lowest BCUT2D eigenvalue weighted by Crippen LogP contribution is -2.00. The van der Waals surface area contributed by atoms with E-state index in [1.807, 2.05) is 24.3 Å². The van der Waals surface area contributed by atoms with Gasteiger partial charge in [0.05, 0.1) is 5.02 Å². The first-order valence-corrected chi connectivity index (χ1v) is 5.83. The molecule has 0 aliphatic rings. The fourth-order valence-electron chi connectivity index (χ4n) is 1.41. The lowest BCUT2D eigenvalue weighted by Gasteiger charge is -2.09. The molecule has 0 aromatic heterocycles. The van der Waals surface area contributed by atoms with Gasteiger partial charge >= 0.3 is 0 Å². The molecule has 2 N–H and O–H groups in total. The van der Waals surface area contributed by atoms with E-state index in [-0.39, 0.29) is 0 Å². The number of nitrogens with two attached hydrogens (primary N) is 1. The Kier molecular flexibility index (Phi) is 3.77. The molecule has 0 fully saturated rings. The Bertz CT molecular complexity index is 529. The maximum absolute atomic E-state index is 5.99. The third kappa shape index (κ3) is 3.05. The number of benzene rings is 2. The van der Waals surface area contributed by atoms with Crippen molar-refractivity contribution in [2.24, 2.45) is 0 Å². The number of hydrogen-bond acceptors (Lipinski definition) is 2. The molecule has 2 rings (SSSR count). The van der Waals surface area contributed by atoms with E-state index in [0.717, 1.165) is 5.56 Å². The average Bonchev–Trinajstić information content (AvgIpc) is 2.32. The van der Waals surface area contributed by atoms with Crippen LogP contribution in [-0.4, -0.2) is 0 Å². The Morgan fingerprint density at radius 2 is 1.82 bits per heavy atom. The fraction of sp³-hybridized carbons (Fsp3) is 0.0769. The number of hydrogen-bond donors (Lipinski definition) is 1. The van der Waals surface area contributed by atoms with Crippen molar-refractivity contribution in [2.45, 2.75) is 6.61 Å². The number of nitrogen functional groups attached to an aromatic ring is 1. The number of anilines is 1. The van der Waals surface area contributed by atoms with Gasteiger partial charge < -0.3 is 10.5 Å². The predicted octanol–water partition coefficient (Wildman–Crippen LogP) is 4.15. The fourth-order valence-corrected chi connectivity index (χ4v) is 1.74. The SMILES string of the molecule is Nc1ccccc1COc1cc(Cl)ccc1Cl. The molecule has 0 unspecified atom stereocenters. The van der Waals surface area contributed by atoms with Crippen LogP contribution >= 0.6 is 23.2 Å². The normalized spacial score (nSPS) is 10.2. The molecule has 4 heteroatoms. The van der Waals surface area contributed by atoms with Gasteiger partial charge in [-0.25, -0.2) is 0 Å². The molecule has 2 aromatic carbocycles. The van der Waals surface area contributed by atoms with Gasteiger partial charge in [-0.1, -0.05) is 41.4 Å². The van der Waals surface area contributed by atoms with Gasteiger partial charge in [0, 0.05) is 22.3 Å². The Morgan fingerprint density at radius 3 is 2.59 bits per heavy atom.